The SMILES string of the molecule is CCNC(CSC1CCCCC1)c1sccc1Cl. The third kappa shape index (κ3) is 4.16. The first-order valence-electron chi connectivity index (χ1n) is 6.89. The van der Waals surface area contributed by atoms with E-state index in [1.54, 1.807) is 11.3 Å². The van der Waals surface area contributed by atoms with Gasteiger partial charge in [-0.25, -0.2) is 0 Å². The molecular formula is C14H22ClNS2. The van der Waals surface area contributed by atoms with Gasteiger partial charge >= 0.3 is 0 Å². The topological polar surface area (TPSA) is 12.0 Å². The predicted octanol–water partition coefficient (Wildman–Crippen LogP) is 5.12. The molecule has 1 aromatic rings. The zero-order valence-electron chi connectivity index (χ0n) is 11.0. The second-order valence-electron chi connectivity index (χ2n) is 4.84. The molecule has 102 valence electrons. The lowest BCUT2D eigenvalue weighted by atomic mass is 10.0. The van der Waals surface area contributed by atoms with Crippen LogP contribution < -0.4 is 5.32 Å². The second-order valence-corrected chi connectivity index (χ2v) is 7.52. The minimum atomic E-state index is 0.425. The van der Waals surface area contributed by atoms with Gasteiger partial charge in [-0.3, -0.25) is 0 Å². The van der Waals surface area contributed by atoms with Gasteiger partial charge in [0, 0.05) is 15.9 Å². The van der Waals surface area contributed by atoms with Crippen LogP contribution in [0.4, 0.5) is 0 Å². The fourth-order valence-corrected chi connectivity index (χ4v) is 5.28. The summed E-state index contributed by atoms with van der Waals surface area (Å²) in [5, 5.41) is 7.46. The van der Waals surface area contributed by atoms with Crippen LogP contribution in [-0.4, -0.2) is 17.5 Å². The van der Waals surface area contributed by atoms with Crippen LogP contribution in [0.2, 0.25) is 5.02 Å². The molecule has 1 saturated carbocycles. The van der Waals surface area contributed by atoms with Crippen LogP contribution in [0.1, 0.15) is 49.9 Å². The van der Waals surface area contributed by atoms with Crippen molar-refractivity contribution in [3.8, 4) is 0 Å². The van der Waals surface area contributed by atoms with E-state index in [2.05, 4.69) is 29.4 Å². The van der Waals surface area contributed by atoms with Crippen molar-refractivity contribution in [3.63, 3.8) is 0 Å². The molecule has 1 aliphatic rings. The molecule has 0 bridgehead atoms. The standard InChI is InChI=1S/C14H22ClNS2/c1-2-16-13(14-12(15)8-9-17-14)10-18-11-6-4-3-5-7-11/h8-9,11,13,16H,2-7,10H2,1H3. The van der Waals surface area contributed by atoms with E-state index in [9.17, 15) is 0 Å². The molecule has 1 unspecified atom stereocenters. The monoisotopic (exact) mass is 303 g/mol. The summed E-state index contributed by atoms with van der Waals surface area (Å²) in [6, 6.07) is 2.44. The van der Waals surface area contributed by atoms with Crippen LogP contribution >= 0.6 is 34.7 Å². The van der Waals surface area contributed by atoms with E-state index in [0.29, 0.717) is 6.04 Å². The van der Waals surface area contributed by atoms with Crippen molar-refractivity contribution in [2.75, 3.05) is 12.3 Å². The summed E-state index contributed by atoms with van der Waals surface area (Å²) in [7, 11) is 0. The van der Waals surface area contributed by atoms with E-state index in [1.165, 1.54) is 37.0 Å². The van der Waals surface area contributed by atoms with Gasteiger partial charge in [-0.05, 0) is 30.8 Å². The van der Waals surface area contributed by atoms with Gasteiger partial charge in [0.2, 0.25) is 0 Å². The molecule has 1 aromatic heterocycles. The van der Waals surface area contributed by atoms with Crippen LogP contribution in [0.3, 0.4) is 0 Å². The third-order valence-corrected chi connectivity index (χ3v) is 6.40. The molecule has 18 heavy (non-hydrogen) atoms. The van der Waals surface area contributed by atoms with Crippen LogP contribution in [0, 0.1) is 0 Å². The zero-order chi connectivity index (χ0) is 12.8. The molecule has 0 saturated heterocycles. The van der Waals surface area contributed by atoms with Gasteiger partial charge in [-0.15, -0.1) is 11.3 Å². The Kier molecular flexibility index (Phi) is 6.36. The lowest BCUT2D eigenvalue weighted by molar-refractivity contribution is 0.514. The van der Waals surface area contributed by atoms with Crippen molar-refractivity contribution in [1.82, 2.24) is 5.32 Å². The normalized spacial score (nSPS) is 19.0. The summed E-state index contributed by atoms with van der Waals surface area (Å²) in [6.07, 6.45) is 7.08. The van der Waals surface area contributed by atoms with Crippen molar-refractivity contribution < 1.29 is 0 Å². The highest BCUT2D eigenvalue weighted by Gasteiger charge is 2.19. The fourth-order valence-electron chi connectivity index (χ4n) is 2.49. The molecule has 0 radical (unpaired) electrons. The Balaban J connectivity index is 1.88. The summed E-state index contributed by atoms with van der Waals surface area (Å²) in [4.78, 5) is 1.31. The Bertz CT molecular complexity index is 347. The van der Waals surface area contributed by atoms with Gasteiger partial charge in [-0.1, -0.05) is 37.8 Å². The van der Waals surface area contributed by atoms with E-state index in [1.807, 2.05) is 6.07 Å². The smallest absolute Gasteiger partial charge is 0.0561 e. The molecule has 1 fully saturated rings. The van der Waals surface area contributed by atoms with E-state index in [-0.39, 0.29) is 0 Å². The minimum Gasteiger partial charge on any atom is -0.309 e. The van der Waals surface area contributed by atoms with Crippen molar-refractivity contribution >= 4 is 34.7 Å². The van der Waals surface area contributed by atoms with Crippen LogP contribution in [0.15, 0.2) is 11.4 Å². The Morgan fingerprint density at radius 1 is 1.44 bits per heavy atom. The first kappa shape index (κ1) is 14.7. The largest absolute Gasteiger partial charge is 0.309 e. The maximum atomic E-state index is 6.25. The van der Waals surface area contributed by atoms with Gasteiger partial charge in [0.15, 0.2) is 0 Å². The quantitative estimate of drug-likeness (QED) is 0.783. The molecule has 0 aliphatic heterocycles. The summed E-state index contributed by atoms with van der Waals surface area (Å²) in [5.74, 6) is 1.15. The molecule has 0 amide bonds. The number of thiophene rings is 1. The molecule has 4 heteroatoms. The lowest BCUT2D eigenvalue weighted by Gasteiger charge is -2.24. The maximum absolute atomic E-state index is 6.25. The number of hydrogen-bond acceptors (Lipinski definition) is 3. The van der Waals surface area contributed by atoms with E-state index in [0.717, 1.165) is 22.6 Å². The fraction of sp³-hybridized carbons (Fsp3) is 0.714. The van der Waals surface area contributed by atoms with Crippen molar-refractivity contribution in [1.29, 1.82) is 0 Å². The number of hydrogen-bond donors (Lipinski definition) is 1. The number of rotatable bonds is 6. The molecular weight excluding hydrogens is 282 g/mol. The predicted molar refractivity (Wildman–Crippen MR) is 85.1 cm³/mol. The van der Waals surface area contributed by atoms with E-state index in [4.69, 9.17) is 11.6 Å². The van der Waals surface area contributed by atoms with Gasteiger partial charge < -0.3 is 5.32 Å². The molecule has 0 spiro atoms. The Morgan fingerprint density at radius 2 is 2.22 bits per heavy atom. The van der Waals surface area contributed by atoms with Crippen LogP contribution in [0.25, 0.3) is 0 Å². The average molecular weight is 304 g/mol. The molecule has 1 N–H and O–H groups in total. The highest BCUT2D eigenvalue weighted by atomic mass is 35.5. The second kappa shape index (κ2) is 7.78. The summed E-state index contributed by atoms with van der Waals surface area (Å²) in [5.41, 5.74) is 0. The molecule has 1 heterocycles. The highest BCUT2D eigenvalue weighted by Crippen LogP contribution is 2.34. The zero-order valence-corrected chi connectivity index (χ0v) is 13.3. The maximum Gasteiger partial charge on any atom is 0.0561 e. The Labute approximate surface area is 124 Å². The van der Waals surface area contributed by atoms with Crippen molar-refractivity contribution in [2.45, 2.75) is 50.3 Å². The third-order valence-electron chi connectivity index (χ3n) is 3.46. The average Bonchev–Trinajstić information content (AvgIpc) is 2.82. The first-order valence-corrected chi connectivity index (χ1v) is 9.19. The van der Waals surface area contributed by atoms with Crippen molar-refractivity contribution in [3.05, 3.63) is 21.3 Å². The molecule has 2 rings (SSSR count). The van der Waals surface area contributed by atoms with Gasteiger partial charge in [-0.2, -0.15) is 11.8 Å². The molecule has 1 atom stereocenters. The van der Waals surface area contributed by atoms with Gasteiger partial charge in [0.25, 0.3) is 0 Å². The molecule has 1 nitrogen and oxygen atoms in total. The number of thioether (sulfide) groups is 1. The van der Waals surface area contributed by atoms with Crippen LogP contribution in [0.5, 0.6) is 0 Å². The lowest BCUT2D eigenvalue weighted by Crippen LogP contribution is -2.23. The minimum absolute atomic E-state index is 0.425. The number of halogens is 1. The summed E-state index contributed by atoms with van der Waals surface area (Å²) < 4.78 is 0. The summed E-state index contributed by atoms with van der Waals surface area (Å²) >= 11 is 10.2. The molecule has 1 aliphatic carbocycles. The number of nitrogens with one attached hydrogen (secondary N) is 1. The van der Waals surface area contributed by atoms with Gasteiger partial charge in [0.05, 0.1) is 11.1 Å². The van der Waals surface area contributed by atoms with Crippen molar-refractivity contribution in [2.24, 2.45) is 0 Å². The van der Waals surface area contributed by atoms with E-state index >= 15 is 0 Å². The first-order chi connectivity index (χ1) is 8.81. The Hall–Kier alpha value is 0.300. The summed E-state index contributed by atoms with van der Waals surface area (Å²) in [6.45, 7) is 3.17. The van der Waals surface area contributed by atoms with Gasteiger partial charge in [0.1, 0.15) is 0 Å². The van der Waals surface area contributed by atoms with E-state index < -0.39 is 0 Å². The Morgan fingerprint density at radius 3 is 2.83 bits per heavy atom. The molecule has 0 aromatic carbocycles. The highest BCUT2D eigenvalue weighted by molar-refractivity contribution is 7.99. The van der Waals surface area contributed by atoms with Crippen LogP contribution in [-0.2, 0) is 0 Å².